The molecule has 0 radical (unpaired) electrons. The Morgan fingerprint density at radius 3 is 1.82 bits per heavy atom. The first kappa shape index (κ1) is 24.1. The lowest BCUT2D eigenvalue weighted by Gasteiger charge is -2.26. The zero-order valence-electron chi connectivity index (χ0n) is 19.9. The van der Waals surface area contributed by atoms with Crippen LogP contribution in [0.15, 0.2) is 78.9 Å². The molecule has 0 bridgehead atoms. The average molecular weight is 445 g/mol. The van der Waals surface area contributed by atoms with Gasteiger partial charge in [-0.3, -0.25) is 9.59 Å². The third-order valence-electron chi connectivity index (χ3n) is 5.27. The summed E-state index contributed by atoms with van der Waals surface area (Å²) >= 11 is 0. The predicted octanol–water partition coefficient (Wildman–Crippen LogP) is 5.96. The summed E-state index contributed by atoms with van der Waals surface area (Å²) in [5.74, 6) is 0.285. The first-order valence-electron chi connectivity index (χ1n) is 11.1. The number of benzene rings is 3. The molecule has 0 unspecified atom stereocenters. The van der Waals surface area contributed by atoms with Gasteiger partial charge in [-0.2, -0.15) is 0 Å². The molecule has 2 amide bonds. The summed E-state index contributed by atoms with van der Waals surface area (Å²) in [4.78, 5) is 25.1. The van der Waals surface area contributed by atoms with Crippen LogP contribution in [0.2, 0.25) is 0 Å². The van der Waals surface area contributed by atoms with Crippen molar-refractivity contribution in [3.05, 3.63) is 90.0 Å². The number of amides is 2. The highest BCUT2D eigenvalue weighted by molar-refractivity contribution is 5.97. The van der Waals surface area contributed by atoms with E-state index in [2.05, 4.69) is 31.4 Å². The van der Waals surface area contributed by atoms with E-state index in [1.807, 2.05) is 54.6 Å². The van der Waals surface area contributed by atoms with Crippen LogP contribution in [0.25, 0.3) is 0 Å². The van der Waals surface area contributed by atoms with E-state index in [1.165, 1.54) is 5.56 Å². The van der Waals surface area contributed by atoms with Gasteiger partial charge in [0.1, 0.15) is 5.75 Å². The second-order valence-corrected chi connectivity index (χ2v) is 9.63. The van der Waals surface area contributed by atoms with Gasteiger partial charge in [0.2, 0.25) is 5.91 Å². The SMILES string of the molecule is CC(C)(Oc1ccc(C(C)(C)C)cc1)C(=O)Nc1ccc(NC(=O)Cc2ccccc2)cc1. The lowest BCUT2D eigenvalue weighted by Crippen LogP contribution is -2.42. The molecule has 0 saturated heterocycles. The van der Waals surface area contributed by atoms with E-state index in [0.717, 1.165) is 5.56 Å². The highest BCUT2D eigenvalue weighted by Gasteiger charge is 2.30. The molecule has 2 N–H and O–H groups in total. The number of hydrogen-bond acceptors (Lipinski definition) is 3. The summed E-state index contributed by atoms with van der Waals surface area (Å²) in [6, 6.07) is 24.4. The van der Waals surface area contributed by atoms with Crippen molar-refractivity contribution in [3.8, 4) is 5.75 Å². The third-order valence-corrected chi connectivity index (χ3v) is 5.27. The standard InChI is InChI=1S/C28H32N2O3/c1-27(2,3)21-11-17-24(18-12-21)33-28(4,5)26(32)30-23-15-13-22(14-16-23)29-25(31)19-20-9-7-6-8-10-20/h6-18H,19H2,1-5H3,(H,29,31)(H,30,32). The molecule has 5 nitrogen and oxygen atoms in total. The fraction of sp³-hybridized carbons (Fsp3) is 0.286. The summed E-state index contributed by atoms with van der Waals surface area (Å²) in [6.45, 7) is 9.93. The molecule has 33 heavy (non-hydrogen) atoms. The first-order valence-corrected chi connectivity index (χ1v) is 11.1. The average Bonchev–Trinajstić information content (AvgIpc) is 2.75. The van der Waals surface area contributed by atoms with E-state index in [1.54, 1.807) is 38.1 Å². The highest BCUT2D eigenvalue weighted by atomic mass is 16.5. The van der Waals surface area contributed by atoms with Gasteiger partial charge < -0.3 is 15.4 Å². The van der Waals surface area contributed by atoms with Crippen LogP contribution in [-0.2, 0) is 21.4 Å². The number of carbonyl (C=O) groups is 2. The van der Waals surface area contributed by atoms with Crippen molar-refractivity contribution in [1.82, 2.24) is 0 Å². The van der Waals surface area contributed by atoms with E-state index < -0.39 is 5.60 Å². The normalized spacial score (nSPS) is 11.5. The second-order valence-electron chi connectivity index (χ2n) is 9.63. The van der Waals surface area contributed by atoms with Crippen LogP contribution >= 0.6 is 0 Å². The van der Waals surface area contributed by atoms with Gasteiger partial charge in [-0.05, 0) is 66.8 Å². The van der Waals surface area contributed by atoms with Gasteiger partial charge in [0.25, 0.3) is 5.91 Å². The van der Waals surface area contributed by atoms with Crippen molar-refractivity contribution in [2.45, 2.75) is 52.1 Å². The molecule has 0 aromatic heterocycles. The molecule has 0 aliphatic heterocycles. The quantitative estimate of drug-likeness (QED) is 0.472. The molecule has 0 atom stereocenters. The van der Waals surface area contributed by atoms with Crippen molar-refractivity contribution in [2.75, 3.05) is 10.6 Å². The Morgan fingerprint density at radius 2 is 1.27 bits per heavy atom. The number of carbonyl (C=O) groups excluding carboxylic acids is 2. The van der Waals surface area contributed by atoms with Crippen molar-refractivity contribution < 1.29 is 14.3 Å². The van der Waals surface area contributed by atoms with E-state index in [0.29, 0.717) is 23.5 Å². The minimum atomic E-state index is -1.06. The van der Waals surface area contributed by atoms with Crippen molar-refractivity contribution >= 4 is 23.2 Å². The smallest absolute Gasteiger partial charge is 0.267 e. The van der Waals surface area contributed by atoms with Gasteiger partial charge in [0.15, 0.2) is 5.60 Å². The molecule has 0 aliphatic carbocycles. The lowest BCUT2D eigenvalue weighted by molar-refractivity contribution is -0.128. The molecule has 0 heterocycles. The zero-order chi connectivity index (χ0) is 24.1. The van der Waals surface area contributed by atoms with Crippen LogP contribution in [0.5, 0.6) is 5.75 Å². The fourth-order valence-corrected chi connectivity index (χ4v) is 3.27. The molecule has 0 saturated carbocycles. The van der Waals surface area contributed by atoms with Gasteiger partial charge in [-0.15, -0.1) is 0 Å². The Hall–Kier alpha value is -3.60. The topological polar surface area (TPSA) is 67.4 Å². The van der Waals surface area contributed by atoms with Crippen LogP contribution < -0.4 is 15.4 Å². The van der Waals surface area contributed by atoms with Crippen molar-refractivity contribution in [3.63, 3.8) is 0 Å². The van der Waals surface area contributed by atoms with Crippen LogP contribution in [0.3, 0.4) is 0 Å². The largest absolute Gasteiger partial charge is 0.478 e. The number of nitrogens with one attached hydrogen (secondary N) is 2. The maximum Gasteiger partial charge on any atom is 0.267 e. The summed E-state index contributed by atoms with van der Waals surface area (Å²) < 4.78 is 5.97. The molecule has 5 heteroatoms. The van der Waals surface area contributed by atoms with Gasteiger partial charge >= 0.3 is 0 Å². The number of hydrogen-bond donors (Lipinski definition) is 2. The fourth-order valence-electron chi connectivity index (χ4n) is 3.27. The van der Waals surface area contributed by atoms with Crippen LogP contribution in [0, 0.1) is 0 Å². The molecule has 0 aliphatic rings. The third kappa shape index (κ3) is 6.94. The molecule has 3 rings (SSSR count). The van der Waals surface area contributed by atoms with Gasteiger partial charge in [0.05, 0.1) is 6.42 Å². The van der Waals surface area contributed by atoms with Gasteiger partial charge in [-0.1, -0.05) is 63.2 Å². The monoisotopic (exact) mass is 444 g/mol. The number of rotatable bonds is 7. The minimum absolute atomic E-state index is 0.0542. The number of ether oxygens (including phenoxy) is 1. The van der Waals surface area contributed by atoms with Gasteiger partial charge in [0, 0.05) is 11.4 Å². The molecular weight excluding hydrogens is 412 g/mol. The van der Waals surface area contributed by atoms with Crippen molar-refractivity contribution in [1.29, 1.82) is 0 Å². The molecule has 0 fully saturated rings. The summed E-state index contributed by atoms with van der Waals surface area (Å²) in [6.07, 6.45) is 0.307. The van der Waals surface area contributed by atoms with E-state index in [4.69, 9.17) is 4.74 Å². The summed E-state index contributed by atoms with van der Waals surface area (Å²) in [5, 5.41) is 5.75. The van der Waals surface area contributed by atoms with Gasteiger partial charge in [-0.25, -0.2) is 0 Å². The van der Waals surface area contributed by atoms with E-state index >= 15 is 0 Å². The molecular formula is C28H32N2O3. The Morgan fingerprint density at radius 1 is 0.727 bits per heavy atom. The Balaban J connectivity index is 1.56. The van der Waals surface area contributed by atoms with E-state index in [-0.39, 0.29) is 17.2 Å². The Bertz CT molecular complexity index is 1080. The molecule has 172 valence electrons. The lowest BCUT2D eigenvalue weighted by atomic mass is 9.87. The summed E-state index contributed by atoms with van der Waals surface area (Å²) in [5.41, 5.74) is 2.44. The molecule has 0 spiro atoms. The number of anilines is 2. The van der Waals surface area contributed by atoms with E-state index in [9.17, 15) is 9.59 Å². The second kappa shape index (κ2) is 9.90. The maximum atomic E-state index is 12.8. The first-order chi connectivity index (χ1) is 15.5. The maximum absolute atomic E-state index is 12.8. The zero-order valence-corrected chi connectivity index (χ0v) is 19.9. The predicted molar refractivity (Wildman–Crippen MR) is 134 cm³/mol. The Labute approximate surface area is 196 Å². The van der Waals surface area contributed by atoms with Crippen LogP contribution in [-0.4, -0.2) is 17.4 Å². The summed E-state index contributed by atoms with van der Waals surface area (Å²) in [7, 11) is 0. The molecule has 3 aromatic rings. The van der Waals surface area contributed by atoms with Crippen molar-refractivity contribution in [2.24, 2.45) is 0 Å². The highest BCUT2D eigenvalue weighted by Crippen LogP contribution is 2.26. The Kier molecular flexibility index (Phi) is 7.22. The van der Waals surface area contributed by atoms with Crippen LogP contribution in [0.4, 0.5) is 11.4 Å². The minimum Gasteiger partial charge on any atom is -0.478 e. The van der Waals surface area contributed by atoms with Crippen LogP contribution in [0.1, 0.15) is 45.7 Å². The molecule has 3 aromatic carbocycles.